The molecule has 0 bridgehead atoms. The predicted octanol–water partition coefficient (Wildman–Crippen LogP) is 5.46. The number of hydrogen-bond acceptors (Lipinski definition) is 3. The summed E-state index contributed by atoms with van der Waals surface area (Å²) in [4.78, 5) is 17.0. The highest BCUT2D eigenvalue weighted by molar-refractivity contribution is 6.30. The number of rotatable bonds is 4. The standard InChI is InChI=1S/C19H13Cl2NO2/c1-12(20)11-24-19(23)16-10-18(13-6-8-14(21)9-7-13)22-17-5-3-2-4-15(16)17/h2-10H,1,11H2. The van der Waals surface area contributed by atoms with Gasteiger partial charge in [0.05, 0.1) is 16.8 Å². The van der Waals surface area contributed by atoms with Gasteiger partial charge in [-0.25, -0.2) is 9.78 Å². The van der Waals surface area contributed by atoms with Crippen LogP contribution in [0.5, 0.6) is 0 Å². The molecule has 0 aliphatic rings. The molecule has 1 heterocycles. The van der Waals surface area contributed by atoms with E-state index >= 15 is 0 Å². The first kappa shape index (κ1) is 16.5. The topological polar surface area (TPSA) is 39.2 Å². The zero-order chi connectivity index (χ0) is 17.1. The second-order valence-corrected chi connectivity index (χ2v) is 6.14. The van der Waals surface area contributed by atoms with Gasteiger partial charge in [-0.2, -0.15) is 0 Å². The van der Waals surface area contributed by atoms with Gasteiger partial charge in [0.2, 0.25) is 0 Å². The van der Waals surface area contributed by atoms with Crippen LogP contribution in [0.15, 0.2) is 66.2 Å². The van der Waals surface area contributed by atoms with E-state index in [1.165, 1.54) is 0 Å². The number of esters is 1. The van der Waals surface area contributed by atoms with Crippen LogP contribution in [0, 0.1) is 0 Å². The Bertz CT molecular complexity index is 920. The Morgan fingerprint density at radius 1 is 1.12 bits per heavy atom. The van der Waals surface area contributed by atoms with Gasteiger partial charge < -0.3 is 4.74 Å². The molecule has 0 aliphatic carbocycles. The zero-order valence-corrected chi connectivity index (χ0v) is 14.1. The minimum atomic E-state index is -0.467. The third-order valence-electron chi connectivity index (χ3n) is 3.44. The molecule has 24 heavy (non-hydrogen) atoms. The van der Waals surface area contributed by atoms with E-state index in [2.05, 4.69) is 11.6 Å². The fraction of sp³-hybridized carbons (Fsp3) is 0.0526. The number of halogens is 2. The van der Waals surface area contributed by atoms with Crippen molar-refractivity contribution in [2.24, 2.45) is 0 Å². The van der Waals surface area contributed by atoms with Gasteiger partial charge in [-0.1, -0.05) is 60.1 Å². The molecule has 0 unspecified atom stereocenters. The van der Waals surface area contributed by atoms with Crippen LogP contribution in [0.1, 0.15) is 10.4 Å². The Hall–Kier alpha value is -2.36. The largest absolute Gasteiger partial charge is 0.456 e. The van der Waals surface area contributed by atoms with E-state index in [0.717, 1.165) is 10.9 Å². The van der Waals surface area contributed by atoms with Crippen molar-refractivity contribution in [2.75, 3.05) is 6.61 Å². The highest BCUT2D eigenvalue weighted by Crippen LogP contribution is 2.26. The Kier molecular flexibility index (Phi) is 4.84. The van der Waals surface area contributed by atoms with E-state index < -0.39 is 5.97 Å². The van der Waals surface area contributed by atoms with Gasteiger partial charge in [0.1, 0.15) is 6.61 Å². The summed E-state index contributed by atoms with van der Waals surface area (Å²) < 4.78 is 5.19. The summed E-state index contributed by atoms with van der Waals surface area (Å²) in [5.74, 6) is -0.467. The molecular weight excluding hydrogens is 345 g/mol. The molecule has 0 N–H and O–H groups in total. The Morgan fingerprint density at radius 2 is 1.83 bits per heavy atom. The van der Waals surface area contributed by atoms with Gasteiger partial charge >= 0.3 is 5.97 Å². The number of para-hydroxylation sites is 1. The Balaban J connectivity index is 2.10. The van der Waals surface area contributed by atoms with E-state index in [4.69, 9.17) is 27.9 Å². The van der Waals surface area contributed by atoms with Crippen molar-refractivity contribution in [3.63, 3.8) is 0 Å². The van der Waals surface area contributed by atoms with Gasteiger partial charge in [0.25, 0.3) is 0 Å². The maximum atomic E-state index is 12.4. The molecule has 3 aromatic rings. The lowest BCUT2D eigenvalue weighted by atomic mass is 10.0. The summed E-state index contributed by atoms with van der Waals surface area (Å²) in [7, 11) is 0. The van der Waals surface area contributed by atoms with Crippen molar-refractivity contribution >= 4 is 40.1 Å². The molecule has 5 heteroatoms. The van der Waals surface area contributed by atoms with E-state index in [1.54, 1.807) is 18.2 Å². The van der Waals surface area contributed by atoms with Crippen molar-refractivity contribution in [3.8, 4) is 11.3 Å². The number of pyridine rings is 1. The minimum absolute atomic E-state index is 0.0344. The van der Waals surface area contributed by atoms with Crippen LogP contribution < -0.4 is 0 Å². The fourth-order valence-electron chi connectivity index (χ4n) is 2.33. The monoisotopic (exact) mass is 357 g/mol. The zero-order valence-electron chi connectivity index (χ0n) is 12.6. The minimum Gasteiger partial charge on any atom is -0.456 e. The third kappa shape index (κ3) is 3.58. The summed E-state index contributed by atoms with van der Waals surface area (Å²) in [6, 6.07) is 16.4. The number of nitrogens with zero attached hydrogens (tertiary/aromatic N) is 1. The van der Waals surface area contributed by atoms with Crippen molar-refractivity contribution in [1.29, 1.82) is 0 Å². The number of ether oxygens (including phenoxy) is 1. The molecule has 0 fully saturated rings. The average molecular weight is 358 g/mol. The molecule has 120 valence electrons. The number of aromatic nitrogens is 1. The molecule has 0 saturated heterocycles. The van der Waals surface area contributed by atoms with Gasteiger partial charge in [-0.3, -0.25) is 0 Å². The summed E-state index contributed by atoms with van der Waals surface area (Å²) in [5.41, 5.74) is 2.67. The van der Waals surface area contributed by atoms with Gasteiger partial charge in [0, 0.05) is 21.0 Å². The lowest BCUT2D eigenvalue weighted by Gasteiger charge is -2.10. The molecule has 0 spiro atoms. The number of hydrogen-bond donors (Lipinski definition) is 0. The predicted molar refractivity (Wildman–Crippen MR) is 97.5 cm³/mol. The second kappa shape index (κ2) is 7.04. The fourth-order valence-corrected chi connectivity index (χ4v) is 2.51. The first-order valence-corrected chi connectivity index (χ1v) is 7.96. The van der Waals surface area contributed by atoms with Crippen molar-refractivity contribution in [3.05, 3.63) is 76.8 Å². The van der Waals surface area contributed by atoms with Crippen LogP contribution in [0.3, 0.4) is 0 Å². The Morgan fingerprint density at radius 3 is 2.54 bits per heavy atom. The van der Waals surface area contributed by atoms with E-state index in [-0.39, 0.29) is 11.6 Å². The van der Waals surface area contributed by atoms with E-state index in [0.29, 0.717) is 21.8 Å². The van der Waals surface area contributed by atoms with Gasteiger partial charge in [-0.15, -0.1) is 0 Å². The lowest BCUT2D eigenvalue weighted by Crippen LogP contribution is -2.08. The number of carbonyl (C=O) groups excluding carboxylic acids is 1. The smallest absolute Gasteiger partial charge is 0.339 e. The summed E-state index contributed by atoms with van der Waals surface area (Å²) >= 11 is 11.6. The molecule has 0 saturated carbocycles. The molecule has 1 aromatic heterocycles. The first-order valence-electron chi connectivity index (χ1n) is 7.21. The third-order valence-corrected chi connectivity index (χ3v) is 3.80. The van der Waals surface area contributed by atoms with Gasteiger partial charge in [0.15, 0.2) is 0 Å². The number of carbonyl (C=O) groups is 1. The maximum Gasteiger partial charge on any atom is 0.339 e. The first-order chi connectivity index (χ1) is 11.5. The van der Waals surface area contributed by atoms with Crippen molar-refractivity contribution in [2.45, 2.75) is 0 Å². The quantitative estimate of drug-likeness (QED) is 0.581. The SMILES string of the molecule is C=C(Cl)COC(=O)c1cc(-c2ccc(Cl)cc2)nc2ccccc12. The van der Waals surface area contributed by atoms with Gasteiger partial charge in [-0.05, 0) is 24.3 Å². The van der Waals surface area contributed by atoms with Crippen LogP contribution in [-0.4, -0.2) is 17.6 Å². The highest BCUT2D eigenvalue weighted by atomic mass is 35.5. The molecule has 3 nitrogen and oxygen atoms in total. The van der Waals surface area contributed by atoms with Crippen LogP contribution in [0.25, 0.3) is 22.2 Å². The summed E-state index contributed by atoms with van der Waals surface area (Å²) in [6.45, 7) is 3.49. The summed E-state index contributed by atoms with van der Waals surface area (Å²) in [6.07, 6.45) is 0. The van der Waals surface area contributed by atoms with Crippen LogP contribution in [0.2, 0.25) is 5.02 Å². The van der Waals surface area contributed by atoms with Crippen LogP contribution in [0.4, 0.5) is 0 Å². The van der Waals surface area contributed by atoms with Crippen LogP contribution in [-0.2, 0) is 4.74 Å². The number of benzene rings is 2. The van der Waals surface area contributed by atoms with Crippen LogP contribution >= 0.6 is 23.2 Å². The second-order valence-electron chi connectivity index (χ2n) is 5.17. The Labute approximate surface area is 149 Å². The molecule has 3 rings (SSSR count). The summed E-state index contributed by atoms with van der Waals surface area (Å²) in [5, 5.41) is 1.62. The molecule has 0 radical (unpaired) electrons. The highest BCUT2D eigenvalue weighted by Gasteiger charge is 2.15. The normalized spacial score (nSPS) is 10.6. The van der Waals surface area contributed by atoms with E-state index in [1.807, 2.05) is 36.4 Å². The number of fused-ring (bicyclic) bond motifs is 1. The molecule has 2 aromatic carbocycles. The van der Waals surface area contributed by atoms with Crippen molar-refractivity contribution < 1.29 is 9.53 Å². The molecule has 0 amide bonds. The lowest BCUT2D eigenvalue weighted by molar-refractivity contribution is 0.0548. The molecular formula is C19H13Cl2NO2. The molecule has 0 atom stereocenters. The molecule has 0 aliphatic heterocycles. The average Bonchev–Trinajstić information content (AvgIpc) is 2.59. The van der Waals surface area contributed by atoms with Crippen molar-refractivity contribution in [1.82, 2.24) is 4.98 Å². The van der Waals surface area contributed by atoms with E-state index in [9.17, 15) is 4.79 Å². The maximum absolute atomic E-state index is 12.4.